The van der Waals surface area contributed by atoms with Gasteiger partial charge in [0.2, 0.25) is 17.8 Å². The van der Waals surface area contributed by atoms with Crippen LogP contribution < -0.4 is 5.73 Å². The topological polar surface area (TPSA) is 94.6 Å². The minimum Gasteiger partial charge on any atom is -0.347 e. The number of nitrogens with two attached hydrogens (primary N) is 1. The van der Waals surface area contributed by atoms with Crippen molar-refractivity contribution < 1.29 is 9.59 Å². The number of guanidine groups is 1. The molecule has 0 bridgehead atoms. The first kappa shape index (κ1) is 22.3. The van der Waals surface area contributed by atoms with Crippen molar-refractivity contribution >= 4 is 52.4 Å². The molecule has 0 fully saturated rings. The van der Waals surface area contributed by atoms with Gasteiger partial charge in [-0.25, -0.2) is 9.98 Å². The van der Waals surface area contributed by atoms with Gasteiger partial charge < -0.3 is 20.4 Å². The zero-order valence-electron chi connectivity index (χ0n) is 17.3. The maximum atomic E-state index is 12.9. The average Bonchev–Trinajstić information content (AvgIpc) is 3.09. The molecule has 1 unspecified atom stereocenters. The van der Waals surface area contributed by atoms with Crippen molar-refractivity contribution in [2.75, 3.05) is 40.8 Å². The molecular weight excluding hydrogens is 427 g/mol. The summed E-state index contributed by atoms with van der Waals surface area (Å²) < 4.78 is 0. The van der Waals surface area contributed by atoms with Gasteiger partial charge in [0.15, 0.2) is 6.04 Å². The van der Waals surface area contributed by atoms with Crippen LogP contribution in [0.5, 0.6) is 0 Å². The van der Waals surface area contributed by atoms with Gasteiger partial charge in [-0.05, 0) is 25.1 Å². The lowest BCUT2D eigenvalue weighted by Crippen LogP contribution is -2.43. The molecule has 30 heavy (non-hydrogen) atoms. The Morgan fingerprint density at radius 3 is 2.57 bits per heavy atom. The summed E-state index contributed by atoms with van der Waals surface area (Å²) in [6.07, 6.45) is 0. The molecule has 2 aliphatic heterocycles. The van der Waals surface area contributed by atoms with Crippen molar-refractivity contribution in [3.8, 4) is 0 Å². The summed E-state index contributed by atoms with van der Waals surface area (Å²) in [5.74, 6) is 0.00856. The van der Waals surface area contributed by atoms with Gasteiger partial charge in [-0.1, -0.05) is 23.2 Å². The summed E-state index contributed by atoms with van der Waals surface area (Å²) in [5.41, 5.74) is 9.07. The third-order valence-electron chi connectivity index (χ3n) is 5.05. The number of aliphatic imine (C=N–C) groups is 2. The van der Waals surface area contributed by atoms with E-state index in [9.17, 15) is 9.59 Å². The van der Waals surface area contributed by atoms with Crippen LogP contribution in [0.1, 0.15) is 12.5 Å². The summed E-state index contributed by atoms with van der Waals surface area (Å²) >= 11 is 12.5. The molecule has 0 spiro atoms. The summed E-state index contributed by atoms with van der Waals surface area (Å²) in [6, 6.07) is 4.55. The van der Waals surface area contributed by atoms with E-state index in [0.29, 0.717) is 16.0 Å². The van der Waals surface area contributed by atoms with Gasteiger partial charge in [-0.15, -0.1) is 0 Å². The molecule has 0 aliphatic carbocycles. The van der Waals surface area contributed by atoms with Crippen LogP contribution in [0.3, 0.4) is 0 Å². The van der Waals surface area contributed by atoms with Crippen LogP contribution in [0.2, 0.25) is 10.0 Å². The number of rotatable bonds is 5. The Morgan fingerprint density at radius 1 is 1.27 bits per heavy atom. The minimum absolute atomic E-state index is 0.0186. The van der Waals surface area contributed by atoms with Crippen LogP contribution in [0.25, 0.3) is 5.70 Å². The Bertz CT molecular complexity index is 986. The van der Waals surface area contributed by atoms with Crippen LogP contribution in [-0.4, -0.2) is 85.0 Å². The lowest BCUT2D eigenvalue weighted by atomic mass is 10.00. The van der Waals surface area contributed by atoms with Crippen LogP contribution in [0.4, 0.5) is 0 Å². The number of halogens is 2. The molecule has 0 saturated carbocycles. The molecule has 160 valence electrons. The number of amides is 2. The second kappa shape index (κ2) is 8.75. The molecule has 2 amide bonds. The maximum absolute atomic E-state index is 12.9. The van der Waals surface area contributed by atoms with Crippen LogP contribution in [0.15, 0.2) is 33.8 Å². The number of fused-ring (bicyclic) bond motifs is 1. The van der Waals surface area contributed by atoms with Gasteiger partial charge in [0, 0.05) is 49.6 Å². The van der Waals surface area contributed by atoms with Gasteiger partial charge >= 0.3 is 0 Å². The second-order valence-electron chi connectivity index (χ2n) is 7.39. The number of carbonyl (C=O) groups excluding carboxylic acids is 2. The third-order valence-corrected chi connectivity index (χ3v) is 5.60. The van der Waals surface area contributed by atoms with Crippen LogP contribution in [-0.2, 0) is 9.59 Å². The molecule has 8 nitrogen and oxygen atoms in total. The number of hydrogen-bond acceptors (Lipinski definition) is 6. The molecule has 2 heterocycles. The molecule has 0 saturated heterocycles. The fraction of sp³-hybridized carbons (Fsp3) is 0.400. The van der Waals surface area contributed by atoms with Gasteiger partial charge in [0.1, 0.15) is 0 Å². The number of carbonyl (C=O) groups is 2. The van der Waals surface area contributed by atoms with Crippen molar-refractivity contribution in [2.45, 2.75) is 13.0 Å². The van der Waals surface area contributed by atoms with E-state index < -0.39 is 6.04 Å². The SMILES string of the molecule is CC1=NC2=NC(C(=O)N(C)CC(=O)N(C)C)CN2C(c2ccc(Cl)cc2Cl)=C1CN. The Labute approximate surface area is 185 Å². The summed E-state index contributed by atoms with van der Waals surface area (Å²) in [5, 5.41) is 0.997. The lowest BCUT2D eigenvalue weighted by Gasteiger charge is -2.30. The Balaban J connectivity index is 1.93. The van der Waals surface area contributed by atoms with Gasteiger partial charge in [-0.3, -0.25) is 9.59 Å². The van der Waals surface area contributed by atoms with E-state index in [2.05, 4.69) is 9.98 Å². The lowest BCUT2D eigenvalue weighted by molar-refractivity contribution is -0.138. The molecule has 1 atom stereocenters. The molecule has 10 heteroatoms. The normalized spacial score (nSPS) is 18.1. The smallest absolute Gasteiger partial charge is 0.249 e. The van der Waals surface area contributed by atoms with Crippen molar-refractivity contribution in [3.63, 3.8) is 0 Å². The zero-order chi connectivity index (χ0) is 22.2. The summed E-state index contributed by atoms with van der Waals surface area (Å²) in [6.45, 7) is 2.37. The number of hydrogen-bond donors (Lipinski definition) is 1. The van der Waals surface area contributed by atoms with Crippen LogP contribution in [0, 0.1) is 0 Å². The Morgan fingerprint density at radius 2 is 1.97 bits per heavy atom. The van der Waals surface area contributed by atoms with Crippen molar-refractivity contribution in [3.05, 3.63) is 39.4 Å². The number of likely N-dealkylation sites (N-methyl/N-ethyl adjacent to an activating group) is 2. The monoisotopic (exact) mass is 450 g/mol. The van der Waals surface area contributed by atoms with Crippen molar-refractivity contribution in [1.29, 1.82) is 0 Å². The highest BCUT2D eigenvalue weighted by molar-refractivity contribution is 6.36. The van der Waals surface area contributed by atoms with E-state index in [1.54, 1.807) is 33.3 Å². The van der Waals surface area contributed by atoms with E-state index in [1.165, 1.54) is 9.80 Å². The fourth-order valence-corrected chi connectivity index (χ4v) is 3.88. The highest BCUT2D eigenvalue weighted by Crippen LogP contribution is 2.36. The second-order valence-corrected chi connectivity index (χ2v) is 8.23. The Kier molecular flexibility index (Phi) is 6.50. The predicted octanol–water partition coefficient (Wildman–Crippen LogP) is 1.72. The third kappa shape index (κ3) is 4.21. The minimum atomic E-state index is -0.685. The molecule has 2 aliphatic rings. The molecule has 0 aromatic heterocycles. The van der Waals surface area contributed by atoms with E-state index in [0.717, 1.165) is 22.5 Å². The molecule has 2 N–H and O–H groups in total. The van der Waals surface area contributed by atoms with Crippen LogP contribution >= 0.6 is 23.2 Å². The summed E-state index contributed by atoms with van der Waals surface area (Å²) in [4.78, 5) is 38.6. The largest absolute Gasteiger partial charge is 0.347 e. The van der Waals surface area contributed by atoms with E-state index in [4.69, 9.17) is 28.9 Å². The van der Waals surface area contributed by atoms with Gasteiger partial charge in [0.25, 0.3) is 0 Å². The van der Waals surface area contributed by atoms with Crippen molar-refractivity contribution in [2.24, 2.45) is 15.7 Å². The summed E-state index contributed by atoms with van der Waals surface area (Å²) in [7, 11) is 4.89. The number of nitrogens with zero attached hydrogens (tertiary/aromatic N) is 5. The van der Waals surface area contributed by atoms with E-state index >= 15 is 0 Å². The first-order chi connectivity index (χ1) is 14.1. The predicted molar refractivity (Wildman–Crippen MR) is 120 cm³/mol. The molecule has 3 rings (SSSR count). The first-order valence-electron chi connectivity index (χ1n) is 9.38. The maximum Gasteiger partial charge on any atom is 0.249 e. The molecule has 1 aromatic rings. The quantitative estimate of drug-likeness (QED) is 0.738. The first-order valence-corrected chi connectivity index (χ1v) is 10.1. The van der Waals surface area contributed by atoms with E-state index in [-0.39, 0.29) is 31.4 Å². The standard InChI is InChI=1S/C20H24Cl2N6O2/c1-11-14(8-23)18(13-6-5-12(21)7-15(13)22)28-9-16(25-20(28)24-11)19(30)27(4)10-17(29)26(2)3/h5-7,16H,8-10,23H2,1-4H3. The van der Waals surface area contributed by atoms with E-state index in [1.807, 2.05) is 17.9 Å². The highest BCUT2D eigenvalue weighted by Gasteiger charge is 2.38. The van der Waals surface area contributed by atoms with Gasteiger partial charge in [0.05, 0.1) is 23.8 Å². The average molecular weight is 451 g/mol. The molecular formula is C20H24Cl2N6O2. The number of benzene rings is 1. The fourth-order valence-electron chi connectivity index (χ4n) is 3.38. The highest BCUT2D eigenvalue weighted by atomic mass is 35.5. The zero-order valence-corrected chi connectivity index (χ0v) is 18.8. The Hall–Kier alpha value is -2.42. The molecule has 0 radical (unpaired) electrons. The van der Waals surface area contributed by atoms with Crippen molar-refractivity contribution in [1.82, 2.24) is 14.7 Å². The molecule has 1 aromatic carbocycles. The van der Waals surface area contributed by atoms with Gasteiger partial charge in [-0.2, -0.15) is 0 Å².